The summed E-state index contributed by atoms with van der Waals surface area (Å²) in [7, 11) is 0. The molecule has 0 amide bonds. The van der Waals surface area contributed by atoms with Crippen molar-refractivity contribution in [2.75, 3.05) is 24.6 Å². The second-order valence-electron chi connectivity index (χ2n) is 5.12. The maximum Gasteiger partial charge on any atom is 0.130 e. The summed E-state index contributed by atoms with van der Waals surface area (Å²) in [4.78, 5) is 2.04. The first kappa shape index (κ1) is 14.2. The number of anilines is 1. The van der Waals surface area contributed by atoms with Crippen LogP contribution in [0.25, 0.3) is 0 Å². The molecule has 3 N–H and O–H groups in total. The number of aliphatic hydroxyl groups is 1. The summed E-state index contributed by atoms with van der Waals surface area (Å²) in [6.45, 7) is 4.89. The Kier molecular flexibility index (Phi) is 4.39. The quantitative estimate of drug-likeness (QED) is 0.870. The average Bonchev–Trinajstić information content (AvgIpc) is 2.37. The van der Waals surface area contributed by atoms with E-state index in [9.17, 15) is 9.50 Å². The minimum atomic E-state index is -0.373. The van der Waals surface area contributed by atoms with E-state index in [4.69, 9.17) is 10.5 Å². The van der Waals surface area contributed by atoms with Crippen molar-refractivity contribution in [3.8, 4) is 0 Å². The van der Waals surface area contributed by atoms with Gasteiger partial charge in [-0.3, -0.25) is 0 Å². The number of ether oxygens (including phenoxy) is 1. The predicted molar refractivity (Wildman–Crippen MR) is 72.6 cm³/mol. The zero-order valence-corrected chi connectivity index (χ0v) is 11.3. The van der Waals surface area contributed by atoms with Gasteiger partial charge in [0.1, 0.15) is 5.82 Å². The van der Waals surface area contributed by atoms with E-state index in [2.05, 4.69) is 0 Å². The molecule has 5 heteroatoms. The molecule has 1 aliphatic rings. The van der Waals surface area contributed by atoms with Gasteiger partial charge in [-0.25, -0.2) is 4.39 Å². The van der Waals surface area contributed by atoms with E-state index in [1.807, 2.05) is 17.9 Å². The largest absolute Gasteiger partial charge is 0.394 e. The lowest BCUT2D eigenvalue weighted by molar-refractivity contribution is -0.0421. The van der Waals surface area contributed by atoms with Crippen molar-refractivity contribution in [1.29, 1.82) is 0 Å². The number of benzene rings is 1. The van der Waals surface area contributed by atoms with Gasteiger partial charge >= 0.3 is 0 Å². The summed E-state index contributed by atoms with van der Waals surface area (Å²) in [6, 6.07) is 4.61. The van der Waals surface area contributed by atoms with Crippen LogP contribution in [0, 0.1) is 5.82 Å². The molecule has 1 aromatic carbocycles. The van der Waals surface area contributed by atoms with Crippen molar-refractivity contribution in [2.24, 2.45) is 5.73 Å². The number of rotatable bonds is 3. The third-order valence-corrected chi connectivity index (χ3v) is 3.36. The molecule has 1 fully saturated rings. The highest BCUT2D eigenvalue weighted by atomic mass is 19.1. The Labute approximate surface area is 113 Å². The highest BCUT2D eigenvalue weighted by Crippen LogP contribution is 2.30. The summed E-state index contributed by atoms with van der Waals surface area (Å²) in [5, 5.41) is 9.26. The van der Waals surface area contributed by atoms with Crippen LogP contribution in [0.4, 0.5) is 10.1 Å². The molecule has 0 saturated carbocycles. The molecule has 0 spiro atoms. The highest BCUT2D eigenvalue weighted by Gasteiger charge is 2.27. The van der Waals surface area contributed by atoms with Crippen LogP contribution in [0.3, 0.4) is 0 Å². The number of hydrogen-bond donors (Lipinski definition) is 2. The average molecular weight is 268 g/mol. The Hall–Kier alpha value is -1.17. The molecular weight excluding hydrogens is 247 g/mol. The van der Waals surface area contributed by atoms with Crippen molar-refractivity contribution in [1.82, 2.24) is 0 Å². The van der Waals surface area contributed by atoms with Gasteiger partial charge in [-0.2, -0.15) is 0 Å². The summed E-state index contributed by atoms with van der Waals surface area (Å²) in [6.07, 6.45) is -0.247. The van der Waals surface area contributed by atoms with E-state index < -0.39 is 0 Å². The Morgan fingerprint density at radius 2 is 2.26 bits per heavy atom. The van der Waals surface area contributed by atoms with E-state index in [-0.39, 0.29) is 30.7 Å². The Bertz CT molecular complexity index is 439. The molecule has 106 valence electrons. The summed E-state index contributed by atoms with van der Waals surface area (Å²) < 4.78 is 19.5. The van der Waals surface area contributed by atoms with Gasteiger partial charge in [0.25, 0.3) is 0 Å². The van der Waals surface area contributed by atoms with Gasteiger partial charge in [0.2, 0.25) is 0 Å². The predicted octanol–water partition coefficient (Wildman–Crippen LogP) is 1.43. The monoisotopic (exact) mass is 268 g/mol. The van der Waals surface area contributed by atoms with Gasteiger partial charge in [0.05, 0.1) is 18.8 Å². The van der Waals surface area contributed by atoms with Crippen LogP contribution in [0.1, 0.15) is 25.5 Å². The molecule has 4 nitrogen and oxygen atoms in total. The molecule has 1 aromatic rings. The van der Waals surface area contributed by atoms with Crippen LogP contribution in [0.15, 0.2) is 18.2 Å². The van der Waals surface area contributed by atoms with Crippen LogP contribution < -0.4 is 10.6 Å². The zero-order valence-electron chi connectivity index (χ0n) is 11.3. The molecule has 2 rings (SSSR count). The van der Waals surface area contributed by atoms with Crippen LogP contribution in [-0.2, 0) is 4.74 Å². The lowest BCUT2D eigenvalue weighted by atomic mass is 10.0. The maximum absolute atomic E-state index is 13.9. The molecule has 0 bridgehead atoms. The molecule has 1 heterocycles. The molecule has 1 saturated heterocycles. The van der Waals surface area contributed by atoms with Gasteiger partial charge in [-0.1, -0.05) is 6.07 Å². The first-order chi connectivity index (χ1) is 9.02. The first-order valence-corrected chi connectivity index (χ1v) is 6.58. The topological polar surface area (TPSA) is 58.7 Å². The van der Waals surface area contributed by atoms with E-state index in [0.717, 1.165) is 5.69 Å². The van der Waals surface area contributed by atoms with Crippen LogP contribution in [0.2, 0.25) is 0 Å². The lowest BCUT2D eigenvalue weighted by Gasteiger charge is -2.38. The number of halogens is 1. The number of aliphatic hydroxyl groups excluding tert-OH is 1. The number of nitrogens with zero attached hydrogens (tertiary/aromatic N) is 1. The molecule has 0 aliphatic carbocycles. The van der Waals surface area contributed by atoms with Gasteiger partial charge in [-0.15, -0.1) is 0 Å². The van der Waals surface area contributed by atoms with E-state index >= 15 is 0 Å². The second-order valence-corrected chi connectivity index (χ2v) is 5.12. The minimum absolute atomic E-state index is 0.00454. The SMILES string of the molecule is CC1CN(c2cccc(F)c2[C@@H](C)N)CC(CO)O1. The minimum Gasteiger partial charge on any atom is -0.394 e. The van der Waals surface area contributed by atoms with Crippen LogP contribution >= 0.6 is 0 Å². The summed E-state index contributed by atoms with van der Waals surface area (Å²) in [5.74, 6) is -0.285. The normalized spacial score (nSPS) is 25.4. The van der Waals surface area contributed by atoms with Gasteiger partial charge in [-0.05, 0) is 26.0 Å². The highest BCUT2D eigenvalue weighted by molar-refractivity contribution is 5.56. The zero-order chi connectivity index (χ0) is 14.0. The van der Waals surface area contributed by atoms with E-state index in [1.165, 1.54) is 6.07 Å². The summed E-state index contributed by atoms with van der Waals surface area (Å²) >= 11 is 0. The number of nitrogens with two attached hydrogens (primary N) is 1. The number of morpholine rings is 1. The standard InChI is InChI=1S/C14H21FN2O2/c1-9-6-17(7-11(8-18)19-9)13-5-3-4-12(15)14(13)10(2)16/h3-5,9-11,18H,6-8,16H2,1-2H3/t9?,10-,11?/m1/s1. The molecule has 2 unspecified atom stereocenters. The van der Waals surface area contributed by atoms with Crippen LogP contribution in [-0.4, -0.2) is 37.0 Å². The van der Waals surface area contributed by atoms with Gasteiger partial charge < -0.3 is 20.5 Å². The number of hydrogen-bond acceptors (Lipinski definition) is 4. The molecule has 19 heavy (non-hydrogen) atoms. The Balaban J connectivity index is 2.33. The molecule has 0 aromatic heterocycles. The molecule has 0 radical (unpaired) electrons. The maximum atomic E-state index is 13.9. The van der Waals surface area contributed by atoms with E-state index in [0.29, 0.717) is 18.7 Å². The van der Waals surface area contributed by atoms with Crippen molar-refractivity contribution in [3.63, 3.8) is 0 Å². The van der Waals surface area contributed by atoms with E-state index in [1.54, 1.807) is 13.0 Å². The fourth-order valence-corrected chi connectivity index (χ4v) is 2.59. The Morgan fingerprint density at radius 3 is 2.89 bits per heavy atom. The molecule has 1 aliphatic heterocycles. The van der Waals surface area contributed by atoms with Crippen molar-refractivity contribution in [2.45, 2.75) is 32.1 Å². The molecular formula is C14H21FN2O2. The fourth-order valence-electron chi connectivity index (χ4n) is 2.59. The first-order valence-electron chi connectivity index (χ1n) is 6.58. The van der Waals surface area contributed by atoms with Gasteiger partial charge in [0, 0.05) is 30.4 Å². The summed E-state index contributed by atoms with van der Waals surface area (Å²) in [5.41, 5.74) is 7.19. The van der Waals surface area contributed by atoms with Gasteiger partial charge in [0.15, 0.2) is 0 Å². The smallest absolute Gasteiger partial charge is 0.130 e. The third-order valence-electron chi connectivity index (χ3n) is 3.36. The van der Waals surface area contributed by atoms with Crippen molar-refractivity contribution >= 4 is 5.69 Å². The van der Waals surface area contributed by atoms with Crippen molar-refractivity contribution in [3.05, 3.63) is 29.6 Å². The third kappa shape index (κ3) is 3.05. The molecule has 3 atom stereocenters. The van der Waals surface area contributed by atoms with Crippen molar-refractivity contribution < 1.29 is 14.2 Å². The fraction of sp³-hybridized carbons (Fsp3) is 0.571. The Morgan fingerprint density at radius 1 is 1.53 bits per heavy atom. The lowest BCUT2D eigenvalue weighted by Crippen LogP contribution is -2.48. The van der Waals surface area contributed by atoms with Crippen LogP contribution in [0.5, 0.6) is 0 Å². The second kappa shape index (κ2) is 5.86.